The van der Waals surface area contributed by atoms with Gasteiger partial charge in [0.05, 0.1) is 18.2 Å². The smallest absolute Gasteiger partial charge is 0.243 e. The molecule has 2 unspecified atom stereocenters. The van der Waals surface area contributed by atoms with Crippen molar-refractivity contribution < 1.29 is 18.8 Å². The molecule has 3 amide bonds. The summed E-state index contributed by atoms with van der Waals surface area (Å²) >= 11 is 0. The van der Waals surface area contributed by atoms with Crippen LogP contribution in [-0.2, 0) is 20.9 Å². The number of rotatable bonds is 6. The number of carbonyl (C=O) groups is 3. The maximum Gasteiger partial charge on any atom is 0.243 e. The normalized spacial score (nSPS) is 34.5. The standard InChI is InChI=1S/C24H33N3O4/c1-15(21(28)25-14-19-4-3-7-31-19)26-22(29)20-5-2-6-27(20)23(30)24-11-16-8-17(12-24)10-18(9-16)13-24/h3-4,7,15-18,20H,2,5-6,8-14H2,1H3,(H,25,28)(H,26,29). The lowest BCUT2D eigenvalue weighted by Gasteiger charge is -2.56. The van der Waals surface area contributed by atoms with E-state index in [1.54, 1.807) is 25.3 Å². The molecule has 1 aromatic heterocycles. The minimum Gasteiger partial charge on any atom is -0.467 e. The first-order valence-electron chi connectivity index (χ1n) is 11.8. The second-order valence-electron chi connectivity index (χ2n) is 10.4. The molecule has 5 aliphatic rings. The molecule has 4 aliphatic carbocycles. The van der Waals surface area contributed by atoms with Crippen molar-refractivity contribution in [2.45, 2.75) is 76.9 Å². The van der Waals surface area contributed by atoms with Crippen molar-refractivity contribution in [1.29, 1.82) is 0 Å². The number of furan rings is 1. The van der Waals surface area contributed by atoms with Crippen molar-refractivity contribution in [3.8, 4) is 0 Å². The van der Waals surface area contributed by atoms with Crippen molar-refractivity contribution in [1.82, 2.24) is 15.5 Å². The number of hydrogen-bond donors (Lipinski definition) is 2. The number of likely N-dealkylation sites (tertiary alicyclic amines) is 1. The van der Waals surface area contributed by atoms with Crippen LogP contribution in [0.4, 0.5) is 0 Å². The maximum atomic E-state index is 13.7. The van der Waals surface area contributed by atoms with Gasteiger partial charge in [-0.1, -0.05) is 0 Å². The van der Waals surface area contributed by atoms with Crippen LogP contribution in [0.15, 0.2) is 22.8 Å². The highest BCUT2D eigenvalue weighted by atomic mass is 16.3. The van der Waals surface area contributed by atoms with Crippen LogP contribution in [-0.4, -0.2) is 41.2 Å². The third-order valence-corrected chi connectivity index (χ3v) is 8.08. The third-order valence-electron chi connectivity index (χ3n) is 8.08. The Morgan fingerprint density at radius 3 is 2.45 bits per heavy atom. The topological polar surface area (TPSA) is 91.7 Å². The fraction of sp³-hybridized carbons (Fsp3) is 0.708. The van der Waals surface area contributed by atoms with Crippen molar-refractivity contribution in [2.24, 2.45) is 23.2 Å². The van der Waals surface area contributed by atoms with Crippen LogP contribution in [0.5, 0.6) is 0 Å². The SMILES string of the molecule is CC(NC(=O)C1CCCN1C(=O)C12CC3CC(CC(C3)C1)C2)C(=O)NCc1ccco1. The fourth-order valence-electron chi connectivity index (χ4n) is 7.08. The lowest BCUT2D eigenvalue weighted by molar-refractivity contribution is -0.160. The van der Waals surface area contributed by atoms with Crippen LogP contribution in [0.3, 0.4) is 0 Å². The van der Waals surface area contributed by atoms with Gasteiger partial charge in [-0.15, -0.1) is 0 Å². The summed E-state index contributed by atoms with van der Waals surface area (Å²) in [6.45, 7) is 2.61. The summed E-state index contributed by atoms with van der Waals surface area (Å²) in [7, 11) is 0. The molecule has 0 spiro atoms. The molecular formula is C24H33N3O4. The first-order valence-corrected chi connectivity index (χ1v) is 11.8. The van der Waals surface area contributed by atoms with Crippen molar-refractivity contribution in [2.75, 3.05) is 6.54 Å². The first-order chi connectivity index (χ1) is 14.9. The van der Waals surface area contributed by atoms with Gasteiger partial charge in [0, 0.05) is 6.54 Å². The van der Waals surface area contributed by atoms with Gasteiger partial charge in [0.25, 0.3) is 0 Å². The molecule has 7 nitrogen and oxygen atoms in total. The van der Waals surface area contributed by atoms with Crippen molar-refractivity contribution in [3.05, 3.63) is 24.2 Å². The Morgan fingerprint density at radius 2 is 1.84 bits per heavy atom. The van der Waals surface area contributed by atoms with E-state index in [9.17, 15) is 14.4 Å². The van der Waals surface area contributed by atoms with Crippen LogP contribution in [0.2, 0.25) is 0 Å². The number of nitrogens with one attached hydrogen (secondary N) is 2. The molecule has 1 aliphatic heterocycles. The molecule has 4 saturated carbocycles. The lowest BCUT2D eigenvalue weighted by Crippen LogP contribution is -2.58. The second-order valence-corrected chi connectivity index (χ2v) is 10.4. The molecule has 1 aromatic rings. The van der Waals surface area contributed by atoms with Gasteiger partial charge < -0.3 is 20.0 Å². The zero-order valence-electron chi connectivity index (χ0n) is 18.3. The molecule has 2 heterocycles. The van der Waals surface area contributed by atoms with E-state index in [2.05, 4.69) is 10.6 Å². The zero-order valence-corrected chi connectivity index (χ0v) is 18.3. The molecule has 7 heteroatoms. The minimum absolute atomic E-state index is 0.208. The van der Waals surface area contributed by atoms with E-state index in [4.69, 9.17) is 4.42 Å². The van der Waals surface area contributed by atoms with Crippen LogP contribution < -0.4 is 10.6 Å². The summed E-state index contributed by atoms with van der Waals surface area (Å²) in [4.78, 5) is 41.0. The van der Waals surface area contributed by atoms with Gasteiger partial charge in [-0.2, -0.15) is 0 Å². The number of carbonyl (C=O) groups excluding carboxylic acids is 3. The van der Waals surface area contributed by atoms with Gasteiger partial charge in [-0.25, -0.2) is 0 Å². The van der Waals surface area contributed by atoms with Gasteiger partial charge in [0.1, 0.15) is 17.8 Å². The van der Waals surface area contributed by atoms with E-state index in [1.807, 2.05) is 4.90 Å². The average Bonchev–Trinajstić information content (AvgIpc) is 3.42. The predicted octanol–water partition coefficient (Wildman–Crippen LogP) is 2.61. The Bertz CT molecular complexity index is 814. The number of nitrogens with zero attached hydrogens (tertiary/aromatic N) is 1. The second kappa shape index (κ2) is 7.99. The fourth-order valence-corrected chi connectivity index (χ4v) is 7.08. The molecular weight excluding hydrogens is 394 g/mol. The van der Waals surface area contributed by atoms with Gasteiger partial charge in [-0.3, -0.25) is 14.4 Å². The van der Waals surface area contributed by atoms with Gasteiger partial charge in [0.15, 0.2) is 0 Å². The summed E-state index contributed by atoms with van der Waals surface area (Å²) < 4.78 is 5.22. The van der Waals surface area contributed by atoms with E-state index < -0.39 is 12.1 Å². The highest BCUT2D eigenvalue weighted by Gasteiger charge is 2.56. The zero-order chi connectivity index (χ0) is 21.6. The molecule has 168 valence electrons. The highest BCUT2D eigenvalue weighted by molar-refractivity contribution is 5.93. The molecule has 6 rings (SSSR count). The predicted molar refractivity (Wildman–Crippen MR) is 113 cm³/mol. The average molecular weight is 428 g/mol. The van der Waals surface area contributed by atoms with Crippen LogP contribution in [0.25, 0.3) is 0 Å². The van der Waals surface area contributed by atoms with Crippen LogP contribution in [0.1, 0.15) is 64.1 Å². The third kappa shape index (κ3) is 3.87. The van der Waals surface area contributed by atoms with E-state index in [1.165, 1.54) is 19.3 Å². The summed E-state index contributed by atoms with van der Waals surface area (Å²) in [5.74, 6) is 2.49. The minimum atomic E-state index is -0.667. The Morgan fingerprint density at radius 1 is 1.16 bits per heavy atom. The number of hydrogen-bond acceptors (Lipinski definition) is 4. The molecule has 0 aromatic carbocycles. The summed E-state index contributed by atoms with van der Waals surface area (Å²) in [5.41, 5.74) is -0.232. The lowest BCUT2D eigenvalue weighted by atomic mass is 9.49. The summed E-state index contributed by atoms with van der Waals surface area (Å²) in [6.07, 6.45) is 9.97. The van der Waals surface area contributed by atoms with Crippen LogP contribution in [0, 0.1) is 23.2 Å². The van der Waals surface area contributed by atoms with E-state index in [0.29, 0.717) is 36.5 Å². The Labute approximate surface area is 183 Å². The molecule has 2 atom stereocenters. The Balaban J connectivity index is 1.20. The summed E-state index contributed by atoms with van der Waals surface area (Å²) in [6, 6.07) is 2.43. The molecule has 0 radical (unpaired) electrons. The first kappa shape index (κ1) is 20.6. The van der Waals surface area contributed by atoms with Crippen molar-refractivity contribution >= 4 is 17.7 Å². The van der Waals surface area contributed by atoms with Gasteiger partial charge in [-0.05, 0) is 88.2 Å². The monoisotopic (exact) mass is 427 g/mol. The van der Waals surface area contributed by atoms with Gasteiger partial charge >= 0.3 is 0 Å². The molecule has 4 bridgehead atoms. The molecule has 1 saturated heterocycles. The Hall–Kier alpha value is -2.31. The Kier molecular flexibility index (Phi) is 5.30. The van der Waals surface area contributed by atoms with Crippen molar-refractivity contribution in [3.63, 3.8) is 0 Å². The molecule has 2 N–H and O–H groups in total. The largest absolute Gasteiger partial charge is 0.467 e. The van der Waals surface area contributed by atoms with Gasteiger partial charge in [0.2, 0.25) is 17.7 Å². The molecule has 31 heavy (non-hydrogen) atoms. The quantitative estimate of drug-likeness (QED) is 0.730. The molecule has 5 fully saturated rings. The number of amides is 3. The van der Waals surface area contributed by atoms with E-state index in [0.717, 1.165) is 25.7 Å². The van der Waals surface area contributed by atoms with Crippen LogP contribution >= 0.6 is 0 Å². The maximum absolute atomic E-state index is 13.7. The van der Waals surface area contributed by atoms with E-state index in [-0.39, 0.29) is 29.7 Å². The highest BCUT2D eigenvalue weighted by Crippen LogP contribution is 2.60. The van der Waals surface area contributed by atoms with E-state index >= 15 is 0 Å². The summed E-state index contributed by atoms with van der Waals surface area (Å²) in [5, 5.41) is 5.61.